The molecule has 0 aromatic heterocycles. The summed E-state index contributed by atoms with van der Waals surface area (Å²) in [6.07, 6.45) is 11.7. The van der Waals surface area contributed by atoms with E-state index in [-0.39, 0.29) is 11.4 Å². The van der Waals surface area contributed by atoms with Crippen LogP contribution in [-0.4, -0.2) is 29.8 Å². The summed E-state index contributed by atoms with van der Waals surface area (Å²) in [4.78, 5) is 26.0. The average molecular weight is 400 g/mol. The molecule has 4 saturated carbocycles. The SMILES string of the molecule is CSc1ccc(/C=C/C(=O)O[C@H](C)C(=O)NC23CC4CC(CC(C4)C2)C3)cc1. The van der Waals surface area contributed by atoms with Gasteiger partial charge in [0.05, 0.1) is 0 Å². The molecule has 1 atom stereocenters. The molecule has 1 aromatic rings. The number of hydrogen-bond donors (Lipinski definition) is 1. The van der Waals surface area contributed by atoms with Crippen LogP contribution in [0.5, 0.6) is 0 Å². The Morgan fingerprint density at radius 2 is 1.68 bits per heavy atom. The van der Waals surface area contributed by atoms with Crippen molar-refractivity contribution >= 4 is 29.7 Å². The fourth-order valence-corrected chi connectivity index (χ4v) is 6.18. The van der Waals surface area contributed by atoms with Gasteiger partial charge >= 0.3 is 5.97 Å². The molecule has 150 valence electrons. The number of carbonyl (C=O) groups is 2. The van der Waals surface area contributed by atoms with Crippen molar-refractivity contribution in [3.63, 3.8) is 0 Å². The Morgan fingerprint density at radius 1 is 1.11 bits per heavy atom. The van der Waals surface area contributed by atoms with Gasteiger partial charge in [-0.05, 0) is 93.2 Å². The van der Waals surface area contributed by atoms with Crippen molar-refractivity contribution in [3.05, 3.63) is 35.9 Å². The molecule has 28 heavy (non-hydrogen) atoms. The van der Waals surface area contributed by atoms with Gasteiger partial charge in [0.1, 0.15) is 0 Å². The van der Waals surface area contributed by atoms with Gasteiger partial charge in [-0.15, -0.1) is 11.8 Å². The zero-order valence-corrected chi connectivity index (χ0v) is 17.5. The minimum atomic E-state index is -0.774. The summed E-state index contributed by atoms with van der Waals surface area (Å²) in [5.74, 6) is 1.66. The molecule has 4 aliphatic rings. The molecule has 1 amide bonds. The molecule has 0 heterocycles. The van der Waals surface area contributed by atoms with Gasteiger partial charge in [-0.2, -0.15) is 0 Å². The van der Waals surface area contributed by atoms with E-state index in [1.54, 1.807) is 24.8 Å². The molecule has 0 unspecified atom stereocenters. The van der Waals surface area contributed by atoms with Crippen LogP contribution < -0.4 is 5.32 Å². The monoisotopic (exact) mass is 399 g/mol. The Morgan fingerprint density at radius 3 is 2.21 bits per heavy atom. The predicted octanol–water partition coefficient (Wildman–Crippen LogP) is 4.44. The summed E-state index contributed by atoms with van der Waals surface area (Å²) in [7, 11) is 0. The van der Waals surface area contributed by atoms with Crippen molar-refractivity contribution in [3.8, 4) is 0 Å². The minimum Gasteiger partial charge on any atom is -0.449 e. The molecule has 4 nitrogen and oxygen atoms in total. The number of esters is 1. The maximum absolute atomic E-state index is 12.7. The molecule has 0 spiro atoms. The Labute approximate surface area is 171 Å². The predicted molar refractivity (Wildman–Crippen MR) is 112 cm³/mol. The third kappa shape index (κ3) is 4.29. The largest absolute Gasteiger partial charge is 0.449 e. The number of thioether (sulfide) groups is 1. The van der Waals surface area contributed by atoms with Crippen LogP contribution >= 0.6 is 11.8 Å². The molecular formula is C23H29NO3S. The third-order valence-electron chi connectivity index (χ3n) is 6.62. The van der Waals surface area contributed by atoms with Crippen LogP contribution in [0.15, 0.2) is 35.2 Å². The van der Waals surface area contributed by atoms with Gasteiger partial charge in [0.15, 0.2) is 6.10 Å². The summed E-state index contributed by atoms with van der Waals surface area (Å²) in [6, 6.07) is 7.94. The van der Waals surface area contributed by atoms with E-state index in [9.17, 15) is 9.59 Å². The summed E-state index contributed by atoms with van der Waals surface area (Å²) in [6.45, 7) is 1.66. The first-order valence-corrected chi connectivity index (χ1v) is 11.5. The van der Waals surface area contributed by atoms with Crippen molar-refractivity contribution < 1.29 is 14.3 Å². The van der Waals surface area contributed by atoms with Crippen LogP contribution in [-0.2, 0) is 14.3 Å². The highest BCUT2D eigenvalue weighted by molar-refractivity contribution is 7.98. The number of rotatable bonds is 6. The Balaban J connectivity index is 1.30. The molecule has 1 aromatic carbocycles. The van der Waals surface area contributed by atoms with Gasteiger partial charge in [0.2, 0.25) is 0 Å². The van der Waals surface area contributed by atoms with E-state index in [0.717, 1.165) is 42.6 Å². The van der Waals surface area contributed by atoms with Crippen LogP contribution in [0.25, 0.3) is 6.08 Å². The molecule has 1 N–H and O–H groups in total. The average Bonchev–Trinajstić information content (AvgIpc) is 2.65. The lowest BCUT2D eigenvalue weighted by atomic mass is 9.53. The quantitative estimate of drug-likeness (QED) is 0.437. The first-order valence-electron chi connectivity index (χ1n) is 10.3. The molecule has 4 fully saturated rings. The Kier molecular flexibility index (Phi) is 5.55. The number of hydrogen-bond acceptors (Lipinski definition) is 4. The van der Waals surface area contributed by atoms with Gasteiger partial charge in [-0.1, -0.05) is 12.1 Å². The minimum absolute atomic E-state index is 0.0542. The molecule has 4 aliphatic carbocycles. The lowest BCUT2D eigenvalue weighted by Crippen LogP contribution is -2.61. The topological polar surface area (TPSA) is 55.4 Å². The van der Waals surface area contributed by atoms with E-state index in [1.807, 2.05) is 30.5 Å². The Bertz CT molecular complexity index is 735. The highest BCUT2D eigenvalue weighted by atomic mass is 32.2. The van der Waals surface area contributed by atoms with E-state index in [2.05, 4.69) is 5.32 Å². The maximum Gasteiger partial charge on any atom is 0.331 e. The summed E-state index contributed by atoms with van der Waals surface area (Å²) in [5.41, 5.74) is 0.877. The molecule has 5 rings (SSSR count). The van der Waals surface area contributed by atoms with Crippen molar-refractivity contribution in [2.45, 2.75) is 62.0 Å². The van der Waals surface area contributed by atoms with Crippen LogP contribution in [0.2, 0.25) is 0 Å². The first-order chi connectivity index (χ1) is 13.4. The summed E-state index contributed by atoms with van der Waals surface area (Å²) >= 11 is 1.68. The fraction of sp³-hybridized carbons (Fsp3) is 0.565. The van der Waals surface area contributed by atoms with E-state index < -0.39 is 12.1 Å². The van der Waals surface area contributed by atoms with Crippen molar-refractivity contribution in [1.29, 1.82) is 0 Å². The number of amides is 1. The van der Waals surface area contributed by atoms with Crippen LogP contribution in [0.4, 0.5) is 0 Å². The second-order valence-corrected chi connectivity index (χ2v) is 9.75. The third-order valence-corrected chi connectivity index (χ3v) is 7.36. The second kappa shape index (κ2) is 7.94. The normalized spacial score (nSPS) is 31.7. The lowest BCUT2D eigenvalue weighted by Gasteiger charge is -2.57. The van der Waals surface area contributed by atoms with Crippen LogP contribution in [0.1, 0.15) is 51.0 Å². The zero-order valence-electron chi connectivity index (χ0n) is 16.6. The van der Waals surface area contributed by atoms with E-state index in [1.165, 1.54) is 30.2 Å². The van der Waals surface area contributed by atoms with Crippen LogP contribution in [0.3, 0.4) is 0 Å². The number of nitrogens with one attached hydrogen (secondary N) is 1. The molecule has 4 bridgehead atoms. The summed E-state index contributed by atoms with van der Waals surface area (Å²) in [5, 5.41) is 3.27. The van der Waals surface area contributed by atoms with Crippen molar-refractivity contribution in [2.24, 2.45) is 17.8 Å². The highest BCUT2D eigenvalue weighted by Crippen LogP contribution is 2.55. The molecule has 0 aliphatic heterocycles. The highest BCUT2D eigenvalue weighted by Gasteiger charge is 2.51. The maximum atomic E-state index is 12.7. The number of ether oxygens (including phenoxy) is 1. The van der Waals surface area contributed by atoms with Gasteiger partial charge in [-0.25, -0.2) is 4.79 Å². The fourth-order valence-electron chi connectivity index (χ4n) is 5.77. The first kappa shape index (κ1) is 19.6. The van der Waals surface area contributed by atoms with Gasteiger partial charge in [0, 0.05) is 16.5 Å². The van der Waals surface area contributed by atoms with Crippen molar-refractivity contribution in [2.75, 3.05) is 6.26 Å². The number of benzene rings is 1. The smallest absolute Gasteiger partial charge is 0.331 e. The zero-order chi connectivity index (χ0) is 19.7. The molecular weight excluding hydrogens is 370 g/mol. The molecule has 0 saturated heterocycles. The Hall–Kier alpha value is -1.75. The van der Waals surface area contributed by atoms with E-state index in [0.29, 0.717) is 0 Å². The second-order valence-electron chi connectivity index (χ2n) is 8.87. The van der Waals surface area contributed by atoms with Crippen LogP contribution in [0, 0.1) is 17.8 Å². The lowest BCUT2D eigenvalue weighted by molar-refractivity contribution is -0.152. The van der Waals surface area contributed by atoms with Gasteiger partial charge < -0.3 is 10.1 Å². The van der Waals surface area contributed by atoms with E-state index >= 15 is 0 Å². The van der Waals surface area contributed by atoms with E-state index in [4.69, 9.17) is 4.74 Å². The number of carbonyl (C=O) groups excluding carboxylic acids is 2. The van der Waals surface area contributed by atoms with Gasteiger partial charge in [0.25, 0.3) is 5.91 Å². The molecule has 0 radical (unpaired) electrons. The summed E-state index contributed by atoms with van der Waals surface area (Å²) < 4.78 is 5.35. The molecule has 5 heteroatoms. The van der Waals surface area contributed by atoms with Crippen molar-refractivity contribution in [1.82, 2.24) is 5.32 Å². The standard InChI is InChI=1S/C23H29NO3S/c1-15(27-21(25)8-5-16-3-6-20(28-2)7-4-16)22(26)24-23-12-17-9-18(13-23)11-19(10-17)14-23/h3-8,15,17-19H,9-14H2,1-2H3,(H,24,26)/b8-5+/t15-,17?,18?,19?,23?/m1/s1. The van der Waals surface area contributed by atoms with Gasteiger partial charge in [-0.3, -0.25) is 4.79 Å².